The van der Waals surface area contributed by atoms with Crippen LogP contribution >= 0.6 is 0 Å². The number of likely N-dealkylation sites (tertiary alicyclic amines) is 1. The lowest BCUT2D eigenvalue weighted by Crippen LogP contribution is -2.39. The van der Waals surface area contributed by atoms with Crippen LogP contribution in [0.1, 0.15) is 47.6 Å². The fraction of sp³-hybridized carbons (Fsp3) is 0.310. The summed E-state index contributed by atoms with van der Waals surface area (Å²) in [6, 6.07) is 25.3. The van der Waals surface area contributed by atoms with Crippen molar-refractivity contribution in [2.24, 2.45) is 5.92 Å². The zero-order valence-electron chi connectivity index (χ0n) is 19.2. The number of benzene rings is 2. The molecule has 1 unspecified atom stereocenters. The third-order valence-electron chi connectivity index (χ3n) is 6.97. The van der Waals surface area contributed by atoms with E-state index in [4.69, 9.17) is 0 Å². The minimum atomic E-state index is -0.0153. The number of rotatable bonds is 6. The number of carbonyl (C=O) groups excluding carboxylic acids is 1. The molecule has 4 heteroatoms. The maximum atomic E-state index is 13.4. The molecule has 0 N–H and O–H groups in total. The summed E-state index contributed by atoms with van der Waals surface area (Å²) in [6.45, 7) is 3.78. The van der Waals surface area contributed by atoms with Gasteiger partial charge in [-0.15, -0.1) is 0 Å². The average Bonchev–Trinajstić information content (AvgIpc) is 3.27. The van der Waals surface area contributed by atoms with E-state index in [2.05, 4.69) is 94.1 Å². The molecule has 0 saturated carbocycles. The Morgan fingerprint density at radius 2 is 1.70 bits per heavy atom. The molecule has 2 aromatic carbocycles. The molecule has 168 valence electrons. The molecule has 4 aromatic rings. The van der Waals surface area contributed by atoms with Crippen molar-refractivity contribution in [1.29, 1.82) is 0 Å². The molecule has 5 rings (SSSR count). The van der Waals surface area contributed by atoms with Crippen molar-refractivity contribution in [2.75, 3.05) is 13.1 Å². The lowest BCUT2D eigenvalue weighted by atomic mass is 9.89. The number of amides is 1. The van der Waals surface area contributed by atoms with Crippen LogP contribution in [0.5, 0.6) is 0 Å². The first-order chi connectivity index (χ1) is 16.2. The Kier molecular flexibility index (Phi) is 6.25. The second-order valence-corrected chi connectivity index (χ2v) is 9.30. The van der Waals surface area contributed by atoms with Gasteiger partial charge in [0.25, 0.3) is 0 Å². The molecule has 2 aromatic heterocycles. The van der Waals surface area contributed by atoms with Gasteiger partial charge in [-0.2, -0.15) is 0 Å². The van der Waals surface area contributed by atoms with E-state index in [1.807, 2.05) is 12.3 Å². The van der Waals surface area contributed by atoms with Gasteiger partial charge in [-0.25, -0.2) is 4.98 Å². The molecular weight excluding hydrogens is 406 g/mol. The summed E-state index contributed by atoms with van der Waals surface area (Å²) >= 11 is 0. The Balaban J connectivity index is 1.31. The highest BCUT2D eigenvalue weighted by molar-refractivity contribution is 5.78. The number of pyridine rings is 1. The van der Waals surface area contributed by atoms with Gasteiger partial charge in [-0.1, -0.05) is 60.7 Å². The smallest absolute Gasteiger partial charge is 0.223 e. The van der Waals surface area contributed by atoms with Crippen molar-refractivity contribution < 1.29 is 4.79 Å². The SMILES string of the molecule is Cc1ccn2c(C(CC(=O)N3CCC(Cc4ccccc4)CC3)c3ccccc3)cnc2c1. The van der Waals surface area contributed by atoms with Gasteiger partial charge in [0.2, 0.25) is 5.91 Å². The average molecular weight is 438 g/mol. The van der Waals surface area contributed by atoms with E-state index in [0.29, 0.717) is 12.3 Å². The van der Waals surface area contributed by atoms with Crippen LogP contribution in [-0.4, -0.2) is 33.3 Å². The summed E-state index contributed by atoms with van der Waals surface area (Å²) in [6.07, 6.45) is 7.73. The molecule has 0 aliphatic carbocycles. The number of aryl methyl sites for hydroxylation is 1. The van der Waals surface area contributed by atoms with Crippen LogP contribution in [0.2, 0.25) is 0 Å². The van der Waals surface area contributed by atoms with Gasteiger partial charge in [0.15, 0.2) is 0 Å². The molecule has 1 aliphatic heterocycles. The molecule has 1 saturated heterocycles. The quantitative estimate of drug-likeness (QED) is 0.391. The van der Waals surface area contributed by atoms with Crippen LogP contribution in [0.15, 0.2) is 85.2 Å². The van der Waals surface area contributed by atoms with E-state index in [0.717, 1.165) is 49.3 Å². The summed E-state index contributed by atoms with van der Waals surface area (Å²) in [5.74, 6) is 0.880. The lowest BCUT2D eigenvalue weighted by molar-refractivity contribution is -0.132. The van der Waals surface area contributed by atoms with Gasteiger partial charge < -0.3 is 9.30 Å². The fourth-order valence-electron chi connectivity index (χ4n) is 5.08. The first-order valence-corrected chi connectivity index (χ1v) is 12.0. The third kappa shape index (κ3) is 4.85. The lowest BCUT2D eigenvalue weighted by Gasteiger charge is -2.33. The minimum Gasteiger partial charge on any atom is -0.343 e. The monoisotopic (exact) mass is 437 g/mol. The molecule has 4 nitrogen and oxygen atoms in total. The fourth-order valence-corrected chi connectivity index (χ4v) is 5.08. The number of nitrogens with zero attached hydrogens (tertiary/aromatic N) is 3. The van der Waals surface area contributed by atoms with Crippen molar-refractivity contribution >= 4 is 11.6 Å². The maximum absolute atomic E-state index is 13.4. The number of piperidine rings is 1. The Hall–Kier alpha value is -3.40. The van der Waals surface area contributed by atoms with Crippen LogP contribution in [0, 0.1) is 12.8 Å². The molecule has 1 aliphatic rings. The highest BCUT2D eigenvalue weighted by Crippen LogP contribution is 2.31. The second-order valence-electron chi connectivity index (χ2n) is 9.30. The maximum Gasteiger partial charge on any atom is 0.223 e. The molecule has 3 heterocycles. The van der Waals surface area contributed by atoms with E-state index in [1.165, 1.54) is 11.1 Å². The van der Waals surface area contributed by atoms with Crippen LogP contribution in [0.3, 0.4) is 0 Å². The molecular formula is C29H31N3O. The van der Waals surface area contributed by atoms with E-state index >= 15 is 0 Å². The summed E-state index contributed by atoms with van der Waals surface area (Å²) < 4.78 is 2.13. The van der Waals surface area contributed by atoms with E-state index in [-0.39, 0.29) is 11.8 Å². The molecule has 0 bridgehead atoms. The van der Waals surface area contributed by atoms with Crippen LogP contribution in [0.4, 0.5) is 0 Å². The second kappa shape index (κ2) is 9.62. The molecule has 1 fully saturated rings. The summed E-state index contributed by atoms with van der Waals surface area (Å²) in [7, 11) is 0. The number of fused-ring (bicyclic) bond motifs is 1. The van der Waals surface area contributed by atoms with Gasteiger partial charge in [-0.05, 0) is 60.9 Å². The summed E-state index contributed by atoms with van der Waals surface area (Å²) in [4.78, 5) is 20.1. The molecule has 0 radical (unpaired) electrons. The van der Waals surface area contributed by atoms with E-state index in [9.17, 15) is 4.79 Å². The van der Waals surface area contributed by atoms with Crippen LogP contribution in [-0.2, 0) is 11.2 Å². The predicted octanol–water partition coefficient (Wildman–Crippen LogP) is 5.65. The number of imidazole rings is 1. The first-order valence-electron chi connectivity index (χ1n) is 12.0. The van der Waals surface area contributed by atoms with Gasteiger partial charge in [0.05, 0.1) is 5.69 Å². The Bertz CT molecular complexity index is 1210. The van der Waals surface area contributed by atoms with Gasteiger partial charge >= 0.3 is 0 Å². The summed E-state index contributed by atoms with van der Waals surface area (Å²) in [5.41, 5.74) is 5.75. The molecule has 0 spiro atoms. The Labute approximate surface area is 195 Å². The predicted molar refractivity (Wildman–Crippen MR) is 132 cm³/mol. The molecule has 33 heavy (non-hydrogen) atoms. The zero-order valence-corrected chi connectivity index (χ0v) is 19.2. The van der Waals surface area contributed by atoms with Gasteiger partial charge in [-0.3, -0.25) is 4.79 Å². The van der Waals surface area contributed by atoms with E-state index < -0.39 is 0 Å². The highest BCUT2D eigenvalue weighted by Gasteiger charge is 2.27. The topological polar surface area (TPSA) is 37.6 Å². The first kappa shape index (κ1) is 21.4. The van der Waals surface area contributed by atoms with Gasteiger partial charge in [0.1, 0.15) is 5.65 Å². The third-order valence-corrected chi connectivity index (χ3v) is 6.97. The number of hydrogen-bond acceptors (Lipinski definition) is 2. The number of carbonyl (C=O) groups is 1. The standard InChI is InChI=1S/C29H31N3O/c1-22-12-17-32-27(21-30-28(32)18-22)26(25-10-6-3-7-11-25)20-29(33)31-15-13-24(14-16-31)19-23-8-4-2-5-9-23/h2-12,17-18,21,24,26H,13-16,19-20H2,1H3. The Morgan fingerprint density at radius 1 is 1.00 bits per heavy atom. The molecule has 1 amide bonds. The summed E-state index contributed by atoms with van der Waals surface area (Å²) in [5, 5.41) is 0. The zero-order chi connectivity index (χ0) is 22.6. The van der Waals surface area contributed by atoms with Gasteiger partial charge in [0, 0.05) is 37.8 Å². The number of hydrogen-bond donors (Lipinski definition) is 0. The van der Waals surface area contributed by atoms with Crippen molar-refractivity contribution in [1.82, 2.24) is 14.3 Å². The van der Waals surface area contributed by atoms with Crippen molar-refractivity contribution in [3.63, 3.8) is 0 Å². The van der Waals surface area contributed by atoms with Crippen LogP contribution < -0.4 is 0 Å². The van der Waals surface area contributed by atoms with E-state index in [1.54, 1.807) is 0 Å². The van der Waals surface area contributed by atoms with Crippen molar-refractivity contribution in [2.45, 2.75) is 38.5 Å². The number of aromatic nitrogens is 2. The highest BCUT2D eigenvalue weighted by atomic mass is 16.2. The Morgan fingerprint density at radius 3 is 2.42 bits per heavy atom. The van der Waals surface area contributed by atoms with Crippen molar-refractivity contribution in [3.05, 3.63) is 108 Å². The van der Waals surface area contributed by atoms with Crippen LogP contribution in [0.25, 0.3) is 5.65 Å². The molecule has 1 atom stereocenters. The largest absolute Gasteiger partial charge is 0.343 e. The minimum absolute atomic E-state index is 0.0153. The normalized spacial score (nSPS) is 15.6. The van der Waals surface area contributed by atoms with Crippen molar-refractivity contribution in [3.8, 4) is 0 Å².